The molecule has 0 bridgehead atoms. The van der Waals surface area contributed by atoms with Gasteiger partial charge in [0.2, 0.25) is 5.88 Å². The molecular formula is C9H10FNO3. The van der Waals surface area contributed by atoms with Gasteiger partial charge in [0, 0.05) is 11.6 Å². The summed E-state index contributed by atoms with van der Waals surface area (Å²) in [4.78, 5) is 14.2. The molecule has 0 saturated carbocycles. The normalized spacial score (nSPS) is 12.2. The van der Waals surface area contributed by atoms with Gasteiger partial charge >= 0.3 is 5.97 Å². The fourth-order valence-corrected chi connectivity index (χ4v) is 1.01. The van der Waals surface area contributed by atoms with Crippen LogP contribution in [0.25, 0.3) is 0 Å². The van der Waals surface area contributed by atoms with E-state index in [4.69, 9.17) is 9.84 Å². The van der Waals surface area contributed by atoms with Crippen LogP contribution in [0.3, 0.4) is 0 Å². The predicted octanol–water partition coefficient (Wildman–Crippen LogP) is 1.42. The number of carboxylic acids is 1. The van der Waals surface area contributed by atoms with Crippen LogP contribution in [-0.2, 0) is 4.79 Å². The second-order valence-corrected chi connectivity index (χ2v) is 2.81. The van der Waals surface area contributed by atoms with Gasteiger partial charge in [0.1, 0.15) is 5.82 Å². The van der Waals surface area contributed by atoms with Crippen molar-refractivity contribution < 1.29 is 19.0 Å². The Morgan fingerprint density at radius 1 is 1.71 bits per heavy atom. The van der Waals surface area contributed by atoms with Gasteiger partial charge in [-0.1, -0.05) is 0 Å². The predicted molar refractivity (Wildman–Crippen MR) is 46.8 cm³/mol. The van der Waals surface area contributed by atoms with Gasteiger partial charge in [-0.2, -0.15) is 0 Å². The minimum absolute atomic E-state index is 0.0735. The van der Waals surface area contributed by atoms with Gasteiger partial charge in [0.15, 0.2) is 0 Å². The molecule has 1 N–H and O–H groups in total. The number of methoxy groups -OCH3 is 1. The van der Waals surface area contributed by atoms with Crippen molar-refractivity contribution in [2.24, 2.45) is 0 Å². The third kappa shape index (κ3) is 1.99. The molecule has 1 aromatic heterocycles. The van der Waals surface area contributed by atoms with Crippen LogP contribution >= 0.6 is 0 Å². The lowest BCUT2D eigenvalue weighted by Gasteiger charge is -2.08. The van der Waals surface area contributed by atoms with Crippen molar-refractivity contribution in [1.29, 1.82) is 0 Å². The molecule has 76 valence electrons. The van der Waals surface area contributed by atoms with E-state index < -0.39 is 17.7 Å². The topological polar surface area (TPSA) is 59.4 Å². The SMILES string of the molecule is COc1cc([C@H](C)C(=O)O)c(F)cn1. The van der Waals surface area contributed by atoms with E-state index in [-0.39, 0.29) is 11.4 Å². The zero-order chi connectivity index (χ0) is 10.7. The Morgan fingerprint density at radius 2 is 2.36 bits per heavy atom. The number of rotatable bonds is 3. The largest absolute Gasteiger partial charge is 0.481 e. The van der Waals surface area contributed by atoms with E-state index in [0.29, 0.717) is 0 Å². The Morgan fingerprint density at radius 3 is 2.86 bits per heavy atom. The lowest BCUT2D eigenvalue weighted by molar-refractivity contribution is -0.138. The Hall–Kier alpha value is -1.65. The number of carboxylic acid groups (broad SMARTS) is 1. The maximum Gasteiger partial charge on any atom is 0.310 e. The number of pyridine rings is 1. The highest BCUT2D eigenvalue weighted by atomic mass is 19.1. The zero-order valence-corrected chi connectivity index (χ0v) is 7.82. The monoisotopic (exact) mass is 199 g/mol. The third-order valence-corrected chi connectivity index (χ3v) is 1.91. The van der Waals surface area contributed by atoms with Crippen LogP contribution in [0.4, 0.5) is 4.39 Å². The molecule has 4 nitrogen and oxygen atoms in total. The molecule has 0 spiro atoms. The van der Waals surface area contributed by atoms with Gasteiger partial charge in [0.25, 0.3) is 0 Å². The van der Waals surface area contributed by atoms with Gasteiger partial charge < -0.3 is 9.84 Å². The quantitative estimate of drug-likeness (QED) is 0.799. The first-order valence-corrected chi connectivity index (χ1v) is 3.98. The average molecular weight is 199 g/mol. The summed E-state index contributed by atoms with van der Waals surface area (Å²) in [6, 6.07) is 1.29. The summed E-state index contributed by atoms with van der Waals surface area (Å²) in [6.45, 7) is 1.40. The number of nitrogens with zero attached hydrogens (tertiary/aromatic N) is 1. The highest BCUT2D eigenvalue weighted by Gasteiger charge is 2.18. The Labute approximate surface area is 80.3 Å². The van der Waals surface area contributed by atoms with Crippen molar-refractivity contribution in [2.45, 2.75) is 12.8 Å². The van der Waals surface area contributed by atoms with E-state index in [1.807, 2.05) is 0 Å². The zero-order valence-electron chi connectivity index (χ0n) is 7.82. The first-order valence-electron chi connectivity index (χ1n) is 3.98. The van der Waals surface area contributed by atoms with Crippen LogP contribution in [0.1, 0.15) is 18.4 Å². The first kappa shape index (κ1) is 10.4. The van der Waals surface area contributed by atoms with Gasteiger partial charge in [-0.3, -0.25) is 4.79 Å². The number of aromatic nitrogens is 1. The molecule has 5 heteroatoms. The molecule has 0 saturated heterocycles. The van der Waals surface area contributed by atoms with E-state index in [1.165, 1.54) is 20.1 Å². The maximum absolute atomic E-state index is 13.1. The summed E-state index contributed by atoms with van der Waals surface area (Å²) < 4.78 is 17.9. The summed E-state index contributed by atoms with van der Waals surface area (Å²) in [5.41, 5.74) is 0.0735. The summed E-state index contributed by atoms with van der Waals surface area (Å²) in [5, 5.41) is 8.70. The molecule has 1 heterocycles. The van der Waals surface area contributed by atoms with Crippen molar-refractivity contribution >= 4 is 5.97 Å². The van der Waals surface area contributed by atoms with E-state index in [9.17, 15) is 9.18 Å². The van der Waals surface area contributed by atoms with Crippen LogP contribution < -0.4 is 4.74 Å². The van der Waals surface area contributed by atoms with Crippen molar-refractivity contribution in [2.75, 3.05) is 7.11 Å². The van der Waals surface area contributed by atoms with E-state index in [0.717, 1.165) is 6.20 Å². The molecule has 1 rings (SSSR count). The van der Waals surface area contributed by atoms with Crippen LogP contribution in [0.2, 0.25) is 0 Å². The lowest BCUT2D eigenvalue weighted by atomic mass is 10.0. The minimum atomic E-state index is -1.09. The first-order chi connectivity index (χ1) is 6.56. The Bertz CT molecular complexity index is 354. The molecule has 0 aromatic carbocycles. The van der Waals surface area contributed by atoms with E-state index >= 15 is 0 Å². The molecule has 0 radical (unpaired) electrons. The molecule has 1 aromatic rings. The highest BCUT2D eigenvalue weighted by molar-refractivity contribution is 5.75. The Balaban J connectivity index is 3.11. The van der Waals surface area contributed by atoms with Crippen molar-refractivity contribution in [3.8, 4) is 5.88 Å². The molecule has 0 fully saturated rings. The average Bonchev–Trinajstić information content (AvgIpc) is 2.17. The van der Waals surface area contributed by atoms with Crippen molar-refractivity contribution in [1.82, 2.24) is 4.98 Å². The molecule has 0 aliphatic carbocycles. The summed E-state index contributed by atoms with van der Waals surface area (Å²) >= 11 is 0. The van der Waals surface area contributed by atoms with Crippen LogP contribution in [0, 0.1) is 5.82 Å². The van der Waals surface area contributed by atoms with Gasteiger partial charge in [-0.05, 0) is 6.92 Å². The molecule has 0 unspecified atom stereocenters. The third-order valence-electron chi connectivity index (χ3n) is 1.91. The molecule has 0 aliphatic heterocycles. The van der Waals surface area contributed by atoms with Gasteiger partial charge in [-0.25, -0.2) is 9.37 Å². The molecule has 0 aliphatic rings. The standard InChI is InChI=1S/C9H10FNO3/c1-5(9(12)13)6-3-8(14-2)11-4-7(6)10/h3-5H,1-2H3,(H,12,13)/t5-/m0/s1. The second kappa shape index (κ2) is 4.04. The van der Waals surface area contributed by atoms with Crippen molar-refractivity contribution in [3.63, 3.8) is 0 Å². The van der Waals surface area contributed by atoms with Gasteiger partial charge in [-0.15, -0.1) is 0 Å². The van der Waals surface area contributed by atoms with Crippen LogP contribution in [0.15, 0.2) is 12.3 Å². The van der Waals surface area contributed by atoms with Crippen LogP contribution in [0.5, 0.6) is 5.88 Å². The summed E-state index contributed by atoms with van der Waals surface area (Å²) in [7, 11) is 1.38. The number of hydrogen-bond donors (Lipinski definition) is 1. The molecule has 1 atom stereocenters. The van der Waals surface area contributed by atoms with Crippen molar-refractivity contribution in [3.05, 3.63) is 23.6 Å². The smallest absolute Gasteiger partial charge is 0.310 e. The molecular weight excluding hydrogens is 189 g/mol. The fourth-order valence-electron chi connectivity index (χ4n) is 1.01. The molecule has 14 heavy (non-hydrogen) atoms. The fraction of sp³-hybridized carbons (Fsp3) is 0.333. The second-order valence-electron chi connectivity index (χ2n) is 2.81. The number of halogens is 1. The van der Waals surface area contributed by atoms with E-state index in [2.05, 4.69) is 4.98 Å². The number of ether oxygens (including phenoxy) is 1. The molecule has 0 amide bonds. The lowest BCUT2D eigenvalue weighted by Crippen LogP contribution is -2.10. The highest BCUT2D eigenvalue weighted by Crippen LogP contribution is 2.21. The number of aliphatic carboxylic acids is 1. The summed E-state index contributed by atoms with van der Waals surface area (Å²) in [6.07, 6.45) is 0.952. The van der Waals surface area contributed by atoms with Crippen LogP contribution in [-0.4, -0.2) is 23.2 Å². The maximum atomic E-state index is 13.1. The minimum Gasteiger partial charge on any atom is -0.481 e. The van der Waals surface area contributed by atoms with Gasteiger partial charge in [0.05, 0.1) is 19.2 Å². The number of hydrogen-bond acceptors (Lipinski definition) is 3. The summed E-state index contributed by atoms with van der Waals surface area (Å²) in [5.74, 6) is -2.43. The number of carbonyl (C=O) groups is 1. The Kier molecular flexibility index (Phi) is 3.01. The van der Waals surface area contributed by atoms with E-state index in [1.54, 1.807) is 0 Å².